The minimum absolute atomic E-state index is 0.191. The van der Waals surface area contributed by atoms with Gasteiger partial charge in [0.2, 0.25) is 0 Å². The monoisotopic (exact) mass is 288 g/mol. The van der Waals surface area contributed by atoms with E-state index in [-0.39, 0.29) is 5.92 Å². The second-order valence-electron chi connectivity index (χ2n) is 5.71. The van der Waals surface area contributed by atoms with Crippen LogP contribution in [0.3, 0.4) is 0 Å². The summed E-state index contributed by atoms with van der Waals surface area (Å²) in [5.41, 5.74) is 2.32. The van der Waals surface area contributed by atoms with Crippen LogP contribution in [-0.4, -0.2) is 28.0 Å². The van der Waals surface area contributed by atoms with Gasteiger partial charge in [0.25, 0.3) is 5.91 Å². The largest absolute Gasteiger partial charge is 0.480 e. The van der Waals surface area contributed by atoms with Gasteiger partial charge in [0.15, 0.2) is 0 Å². The first kappa shape index (κ1) is 15.1. The zero-order valence-corrected chi connectivity index (χ0v) is 12.4. The zero-order chi connectivity index (χ0) is 15.6. The number of hydrogen-bond acceptors (Lipinski definition) is 2. The number of aromatic nitrogens is 1. The molecular weight excluding hydrogens is 268 g/mol. The predicted octanol–water partition coefficient (Wildman–Crippen LogP) is 2.71. The number of carbonyl (C=O) groups is 2. The molecule has 0 aliphatic rings. The van der Waals surface area contributed by atoms with Crippen LogP contribution >= 0.6 is 0 Å². The molecular formula is C16H20N2O3. The van der Waals surface area contributed by atoms with Gasteiger partial charge < -0.3 is 15.4 Å². The molecule has 112 valence electrons. The van der Waals surface area contributed by atoms with Crippen LogP contribution in [0.4, 0.5) is 0 Å². The number of aromatic amines is 1. The number of nitrogens with one attached hydrogen (secondary N) is 2. The van der Waals surface area contributed by atoms with Gasteiger partial charge in [-0.05, 0) is 37.0 Å². The second-order valence-corrected chi connectivity index (χ2v) is 5.71. The Bertz CT molecular complexity index is 673. The quantitative estimate of drug-likeness (QED) is 0.791. The molecule has 2 aromatic rings. The molecule has 1 amide bonds. The number of aryl methyl sites for hydroxylation is 1. The molecule has 0 aliphatic carbocycles. The minimum atomic E-state index is -1.01. The van der Waals surface area contributed by atoms with Crippen molar-refractivity contribution in [2.24, 2.45) is 5.92 Å². The lowest BCUT2D eigenvalue weighted by Crippen LogP contribution is -2.41. The summed E-state index contributed by atoms with van der Waals surface area (Å²) in [5.74, 6) is -1.21. The van der Waals surface area contributed by atoms with Crippen LogP contribution in [0, 0.1) is 12.8 Å². The standard InChI is InChI=1S/C16H20N2O3/c1-9(2)7-14(16(20)21)18-15(19)13-8-11-10(3)5-4-6-12(11)17-13/h4-6,8-9,14,17H,7H2,1-3H3,(H,18,19)(H,20,21)/t14-/m0/s1. The molecule has 0 unspecified atom stereocenters. The van der Waals surface area contributed by atoms with Crippen molar-refractivity contribution in [3.8, 4) is 0 Å². The highest BCUT2D eigenvalue weighted by molar-refractivity contribution is 6.00. The van der Waals surface area contributed by atoms with E-state index < -0.39 is 17.9 Å². The molecule has 0 radical (unpaired) electrons. The fourth-order valence-corrected chi connectivity index (χ4v) is 2.36. The lowest BCUT2D eigenvalue weighted by molar-refractivity contribution is -0.139. The normalized spacial score (nSPS) is 12.6. The average molecular weight is 288 g/mol. The van der Waals surface area contributed by atoms with Gasteiger partial charge in [-0.2, -0.15) is 0 Å². The Hall–Kier alpha value is -2.30. The fourth-order valence-electron chi connectivity index (χ4n) is 2.36. The highest BCUT2D eigenvalue weighted by atomic mass is 16.4. The molecule has 5 nitrogen and oxygen atoms in total. The molecule has 1 atom stereocenters. The Labute approximate surface area is 123 Å². The van der Waals surface area contributed by atoms with Gasteiger partial charge in [-0.15, -0.1) is 0 Å². The Morgan fingerprint density at radius 3 is 2.62 bits per heavy atom. The van der Waals surface area contributed by atoms with Gasteiger partial charge >= 0.3 is 5.97 Å². The highest BCUT2D eigenvalue weighted by Crippen LogP contribution is 2.19. The van der Waals surface area contributed by atoms with Gasteiger partial charge in [-0.25, -0.2) is 4.79 Å². The third-order valence-electron chi connectivity index (χ3n) is 3.44. The van der Waals surface area contributed by atoms with Crippen molar-refractivity contribution in [1.29, 1.82) is 0 Å². The predicted molar refractivity (Wildman–Crippen MR) is 81.4 cm³/mol. The molecule has 0 bridgehead atoms. The average Bonchev–Trinajstić information content (AvgIpc) is 2.82. The molecule has 1 aromatic carbocycles. The SMILES string of the molecule is Cc1cccc2[nH]c(C(=O)N[C@@H](CC(C)C)C(=O)O)cc12. The number of benzene rings is 1. The van der Waals surface area contributed by atoms with Crippen molar-refractivity contribution >= 4 is 22.8 Å². The molecule has 0 spiro atoms. The van der Waals surface area contributed by atoms with Crippen LogP contribution in [0.2, 0.25) is 0 Å². The first-order valence-corrected chi connectivity index (χ1v) is 7.00. The van der Waals surface area contributed by atoms with Crippen molar-refractivity contribution in [3.63, 3.8) is 0 Å². The molecule has 5 heteroatoms. The summed E-state index contributed by atoms with van der Waals surface area (Å²) < 4.78 is 0. The summed E-state index contributed by atoms with van der Waals surface area (Å²) in [6, 6.07) is 6.66. The number of carboxylic acids is 1. The number of amides is 1. The molecule has 0 saturated carbocycles. The first-order valence-electron chi connectivity index (χ1n) is 7.00. The van der Waals surface area contributed by atoms with Gasteiger partial charge in [-0.1, -0.05) is 26.0 Å². The molecule has 0 aliphatic heterocycles. The topological polar surface area (TPSA) is 82.2 Å². The van der Waals surface area contributed by atoms with Crippen LogP contribution in [0.5, 0.6) is 0 Å². The van der Waals surface area contributed by atoms with E-state index in [0.717, 1.165) is 16.5 Å². The fraction of sp³-hybridized carbons (Fsp3) is 0.375. The third kappa shape index (κ3) is 3.42. The van der Waals surface area contributed by atoms with Crippen LogP contribution < -0.4 is 5.32 Å². The van der Waals surface area contributed by atoms with E-state index in [1.807, 2.05) is 39.0 Å². The van der Waals surface area contributed by atoms with Crippen LogP contribution in [0.25, 0.3) is 10.9 Å². The van der Waals surface area contributed by atoms with E-state index in [2.05, 4.69) is 10.3 Å². The summed E-state index contributed by atoms with van der Waals surface area (Å²) in [4.78, 5) is 26.4. The Morgan fingerprint density at radius 1 is 1.33 bits per heavy atom. The molecule has 1 heterocycles. The number of carbonyl (C=O) groups excluding carboxylic acids is 1. The number of carboxylic acid groups (broad SMARTS) is 1. The van der Waals surface area contributed by atoms with Crippen molar-refractivity contribution in [3.05, 3.63) is 35.5 Å². The molecule has 2 rings (SSSR count). The summed E-state index contributed by atoms with van der Waals surface area (Å²) in [5, 5.41) is 12.7. The van der Waals surface area contributed by atoms with Crippen LogP contribution in [-0.2, 0) is 4.79 Å². The molecule has 0 fully saturated rings. The third-order valence-corrected chi connectivity index (χ3v) is 3.44. The van der Waals surface area contributed by atoms with Crippen LogP contribution in [0.1, 0.15) is 36.3 Å². The van der Waals surface area contributed by atoms with E-state index in [1.165, 1.54) is 0 Å². The van der Waals surface area contributed by atoms with E-state index in [0.29, 0.717) is 12.1 Å². The highest BCUT2D eigenvalue weighted by Gasteiger charge is 2.22. The first-order chi connectivity index (χ1) is 9.88. The van der Waals surface area contributed by atoms with Crippen molar-refractivity contribution in [1.82, 2.24) is 10.3 Å². The maximum atomic E-state index is 12.2. The Kier molecular flexibility index (Phi) is 4.31. The maximum Gasteiger partial charge on any atom is 0.326 e. The zero-order valence-electron chi connectivity index (χ0n) is 12.4. The minimum Gasteiger partial charge on any atom is -0.480 e. The lowest BCUT2D eigenvalue weighted by atomic mass is 10.0. The number of fused-ring (bicyclic) bond motifs is 1. The van der Waals surface area contributed by atoms with E-state index in [9.17, 15) is 14.7 Å². The van der Waals surface area contributed by atoms with Crippen LogP contribution in [0.15, 0.2) is 24.3 Å². The van der Waals surface area contributed by atoms with Gasteiger partial charge in [0, 0.05) is 10.9 Å². The van der Waals surface area contributed by atoms with Crippen molar-refractivity contribution in [2.75, 3.05) is 0 Å². The van der Waals surface area contributed by atoms with E-state index in [4.69, 9.17) is 0 Å². The Morgan fingerprint density at radius 2 is 2.05 bits per heavy atom. The van der Waals surface area contributed by atoms with Gasteiger partial charge in [0.05, 0.1) is 0 Å². The summed E-state index contributed by atoms with van der Waals surface area (Å²) in [6.07, 6.45) is 0.403. The van der Waals surface area contributed by atoms with Gasteiger partial charge in [-0.3, -0.25) is 4.79 Å². The molecule has 3 N–H and O–H groups in total. The van der Waals surface area contributed by atoms with Gasteiger partial charge in [0.1, 0.15) is 11.7 Å². The van der Waals surface area contributed by atoms with Crippen molar-refractivity contribution < 1.29 is 14.7 Å². The number of aliphatic carboxylic acids is 1. The Balaban J connectivity index is 2.21. The number of rotatable bonds is 5. The number of H-pyrrole nitrogens is 1. The summed E-state index contributed by atoms with van der Waals surface area (Å²) in [6.45, 7) is 5.82. The van der Waals surface area contributed by atoms with E-state index in [1.54, 1.807) is 6.07 Å². The maximum absolute atomic E-state index is 12.2. The molecule has 21 heavy (non-hydrogen) atoms. The van der Waals surface area contributed by atoms with Crippen molar-refractivity contribution in [2.45, 2.75) is 33.2 Å². The van der Waals surface area contributed by atoms with E-state index >= 15 is 0 Å². The second kappa shape index (κ2) is 5.99. The number of hydrogen-bond donors (Lipinski definition) is 3. The summed E-state index contributed by atoms with van der Waals surface area (Å²) in [7, 11) is 0. The lowest BCUT2D eigenvalue weighted by Gasteiger charge is -2.15. The smallest absolute Gasteiger partial charge is 0.326 e. The molecule has 0 saturated heterocycles. The summed E-state index contributed by atoms with van der Waals surface area (Å²) >= 11 is 0. The molecule has 1 aromatic heterocycles.